The van der Waals surface area contributed by atoms with Crippen molar-refractivity contribution >= 4 is 46.3 Å². The van der Waals surface area contributed by atoms with Crippen LogP contribution in [0.1, 0.15) is 74.7 Å². The summed E-state index contributed by atoms with van der Waals surface area (Å²) in [6.45, 7) is 10.5. The first-order valence-corrected chi connectivity index (χ1v) is 22.0. The van der Waals surface area contributed by atoms with Crippen molar-refractivity contribution in [3.63, 3.8) is 0 Å². The number of ether oxygens (including phenoxy) is 2. The number of aliphatic hydroxyl groups is 1. The number of likely N-dealkylation sites (tertiary alicyclic amines) is 1. The van der Waals surface area contributed by atoms with Gasteiger partial charge in [-0.25, -0.2) is 9.97 Å². The van der Waals surface area contributed by atoms with Gasteiger partial charge < -0.3 is 40.3 Å². The fraction of sp³-hybridized carbons (Fsp3) is 0.413. The molecule has 7 rings (SSSR count). The molecule has 5 N–H and O–H groups in total. The van der Waals surface area contributed by atoms with Crippen molar-refractivity contribution in [2.75, 3.05) is 43.6 Å². The van der Waals surface area contributed by atoms with Crippen LogP contribution in [0.3, 0.4) is 0 Å². The number of nitrogens with zero attached hydrogens (tertiary/aromatic N) is 5. The zero-order valence-corrected chi connectivity index (χ0v) is 37.2. The Hall–Kier alpha value is -6.17. The molecule has 3 aromatic heterocycles. The van der Waals surface area contributed by atoms with Crippen LogP contribution in [0.5, 0.6) is 5.75 Å². The Balaban J connectivity index is 0.897. The smallest absolute Gasteiger partial charge is 0.274 e. The van der Waals surface area contributed by atoms with E-state index in [0.29, 0.717) is 48.8 Å². The van der Waals surface area contributed by atoms with Gasteiger partial charge in [-0.1, -0.05) is 51.1 Å². The van der Waals surface area contributed by atoms with Crippen molar-refractivity contribution in [1.29, 1.82) is 0 Å². The molecule has 0 bridgehead atoms. The number of anilines is 2. The number of aryl methyl sites for hydroxylation is 1. The van der Waals surface area contributed by atoms with Crippen LogP contribution in [-0.4, -0.2) is 111 Å². The molecule has 4 atom stereocenters. The van der Waals surface area contributed by atoms with Gasteiger partial charge in [-0.05, 0) is 73.6 Å². The lowest BCUT2D eigenvalue weighted by atomic mass is 9.85. The van der Waals surface area contributed by atoms with Crippen LogP contribution in [-0.2, 0) is 19.1 Å². The zero-order chi connectivity index (χ0) is 44.8. The number of benzene rings is 2. The largest absolute Gasteiger partial charge is 0.494 e. The van der Waals surface area contributed by atoms with Crippen LogP contribution in [0, 0.1) is 12.3 Å². The van der Waals surface area contributed by atoms with Crippen LogP contribution in [0.25, 0.3) is 21.8 Å². The minimum Gasteiger partial charge on any atom is -0.494 e. The molecule has 2 aliphatic heterocycles. The molecule has 2 aromatic carbocycles. The molecule has 2 aliphatic rings. The van der Waals surface area contributed by atoms with Gasteiger partial charge in [0.05, 0.1) is 58.5 Å². The van der Waals surface area contributed by atoms with E-state index in [9.17, 15) is 24.3 Å². The van der Waals surface area contributed by atoms with Gasteiger partial charge in [0.1, 0.15) is 30.1 Å². The maximum Gasteiger partial charge on any atom is 0.274 e. The molecular formula is C46H55N9O7S. The van der Waals surface area contributed by atoms with Crippen molar-refractivity contribution in [1.82, 2.24) is 35.7 Å². The lowest BCUT2D eigenvalue weighted by Crippen LogP contribution is -2.58. The molecule has 0 aliphatic carbocycles. The van der Waals surface area contributed by atoms with Crippen molar-refractivity contribution in [2.24, 2.45) is 5.41 Å². The standard InChI is InChI=1S/C46H55N9O7S/c1-27(29-10-12-30(13-11-29)41-28(2)47-26-63-41)49-44(59)38-23-32(56)24-55(38)45(60)42(46(3,4)5)52-40(57)25-62-33-17-20-54(21-18-33)31-14-15-36(39(22-31)61-6)51-43(58)37-9-7-8-34(50-37)35-16-19-48-53-35/h7-16,19,22,26-27,32-33,38,42,56H,17-18,20-21,23-25H2,1-6H3,(H,48,53)(H,49,59)(H,51,58)(H,52,57)/t27-,32-,38-,42+/m0/s1. The third-order valence-corrected chi connectivity index (χ3v) is 12.5. The number of rotatable bonds is 14. The number of pyridine rings is 1. The van der Waals surface area contributed by atoms with Crippen molar-refractivity contribution in [3.8, 4) is 27.6 Å². The zero-order valence-electron chi connectivity index (χ0n) is 36.4. The number of β-amino-alcohol motifs (C(OH)–C–C–N with tert-alkyl or cyclic N) is 1. The first-order valence-electron chi connectivity index (χ1n) is 21.1. The summed E-state index contributed by atoms with van der Waals surface area (Å²) in [6.07, 6.45) is 1.96. The van der Waals surface area contributed by atoms with Crippen molar-refractivity contribution < 1.29 is 33.8 Å². The summed E-state index contributed by atoms with van der Waals surface area (Å²) in [4.78, 5) is 67.9. The number of nitrogens with one attached hydrogen (secondary N) is 4. The molecule has 4 amide bonds. The third kappa shape index (κ3) is 10.7. The van der Waals surface area contributed by atoms with E-state index in [1.54, 1.807) is 55.0 Å². The number of hydrogen-bond donors (Lipinski definition) is 5. The average Bonchev–Trinajstić information content (AvgIpc) is 4.07. The normalized spacial score (nSPS) is 17.8. The van der Waals surface area contributed by atoms with E-state index in [2.05, 4.69) is 41.0 Å². The fourth-order valence-corrected chi connectivity index (χ4v) is 8.78. The topological polar surface area (TPSA) is 204 Å². The van der Waals surface area contributed by atoms with Crippen molar-refractivity contribution in [2.45, 2.75) is 84.2 Å². The highest BCUT2D eigenvalue weighted by molar-refractivity contribution is 7.13. The third-order valence-electron chi connectivity index (χ3n) is 11.5. The van der Waals surface area contributed by atoms with E-state index in [1.807, 2.05) is 76.5 Å². The summed E-state index contributed by atoms with van der Waals surface area (Å²) in [5.74, 6) is -1.13. The highest BCUT2D eigenvalue weighted by atomic mass is 32.1. The van der Waals surface area contributed by atoms with Gasteiger partial charge in [-0.3, -0.25) is 24.3 Å². The molecule has 2 fully saturated rings. The molecule has 332 valence electrons. The number of aromatic amines is 1. The maximum absolute atomic E-state index is 14.2. The van der Waals surface area contributed by atoms with Crippen molar-refractivity contribution in [3.05, 3.63) is 95.4 Å². The summed E-state index contributed by atoms with van der Waals surface area (Å²) < 4.78 is 11.7. The second-order valence-corrected chi connectivity index (χ2v) is 18.0. The van der Waals surface area contributed by atoms with Gasteiger partial charge >= 0.3 is 0 Å². The first kappa shape index (κ1) is 44.9. The van der Waals surface area contributed by atoms with E-state index < -0.39 is 35.4 Å². The Labute approximate surface area is 370 Å². The van der Waals surface area contributed by atoms with E-state index in [1.165, 1.54) is 4.90 Å². The maximum atomic E-state index is 14.2. The number of carbonyl (C=O) groups is 4. The molecule has 5 aromatic rings. The quantitative estimate of drug-likeness (QED) is 0.0940. The Morgan fingerprint density at radius 3 is 2.44 bits per heavy atom. The average molecular weight is 878 g/mol. The molecule has 63 heavy (non-hydrogen) atoms. The molecule has 0 saturated carbocycles. The second-order valence-electron chi connectivity index (χ2n) is 17.1. The predicted octanol–water partition coefficient (Wildman–Crippen LogP) is 5.52. The minimum atomic E-state index is -0.970. The molecule has 0 spiro atoms. The number of carbonyl (C=O) groups excluding carboxylic acids is 4. The number of hydrogen-bond acceptors (Lipinski definition) is 12. The number of H-pyrrole nitrogens is 1. The number of amides is 4. The Morgan fingerprint density at radius 2 is 1.78 bits per heavy atom. The summed E-state index contributed by atoms with van der Waals surface area (Å²) in [5, 5.41) is 26.3. The predicted molar refractivity (Wildman–Crippen MR) is 240 cm³/mol. The van der Waals surface area contributed by atoms with Crippen LogP contribution >= 0.6 is 11.3 Å². The van der Waals surface area contributed by atoms with Crippen LogP contribution in [0.4, 0.5) is 11.4 Å². The van der Waals surface area contributed by atoms with Gasteiger partial charge in [0.25, 0.3) is 5.91 Å². The monoisotopic (exact) mass is 877 g/mol. The number of methoxy groups -OCH3 is 1. The Kier molecular flexibility index (Phi) is 13.9. The number of piperidine rings is 1. The molecular weight excluding hydrogens is 823 g/mol. The van der Waals surface area contributed by atoms with Crippen LogP contribution < -0.4 is 25.6 Å². The number of thiazole rings is 1. The summed E-state index contributed by atoms with van der Waals surface area (Å²) in [6, 6.07) is 18.3. The second kappa shape index (κ2) is 19.5. The molecule has 16 nitrogen and oxygen atoms in total. The Bertz CT molecular complexity index is 2390. The van der Waals surface area contributed by atoms with Gasteiger partial charge in [0.2, 0.25) is 17.7 Å². The van der Waals surface area contributed by atoms with Gasteiger partial charge in [-0.15, -0.1) is 11.3 Å². The fourth-order valence-electron chi connectivity index (χ4n) is 7.97. The molecule has 5 heterocycles. The van der Waals surface area contributed by atoms with Crippen LogP contribution in [0.15, 0.2) is 78.4 Å². The summed E-state index contributed by atoms with van der Waals surface area (Å²) in [7, 11) is 1.55. The van der Waals surface area contributed by atoms with Crippen LogP contribution in [0.2, 0.25) is 0 Å². The molecule has 0 unspecified atom stereocenters. The van der Waals surface area contributed by atoms with Gasteiger partial charge in [-0.2, -0.15) is 5.10 Å². The van der Waals surface area contributed by atoms with Gasteiger partial charge in [0.15, 0.2) is 0 Å². The number of aliphatic hydroxyl groups excluding tert-OH is 1. The van der Waals surface area contributed by atoms with Gasteiger partial charge in [0, 0.05) is 44.0 Å². The first-order chi connectivity index (χ1) is 30.2. The summed E-state index contributed by atoms with van der Waals surface area (Å²) in [5.41, 5.74) is 6.99. The highest BCUT2D eigenvalue weighted by Gasteiger charge is 2.45. The lowest BCUT2D eigenvalue weighted by molar-refractivity contribution is -0.145. The highest BCUT2D eigenvalue weighted by Crippen LogP contribution is 2.33. The Morgan fingerprint density at radius 1 is 1.02 bits per heavy atom. The minimum absolute atomic E-state index is 0.0197. The van der Waals surface area contributed by atoms with E-state index in [-0.39, 0.29) is 49.2 Å². The van der Waals surface area contributed by atoms with E-state index in [4.69, 9.17) is 9.47 Å². The summed E-state index contributed by atoms with van der Waals surface area (Å²) >= 11 is 1.57. The van der Waals surface area contributed by atoms with E-state index in [0.717, 1.165) is 27.4 Å². The molecule has 17 heteroatoms. The van der Waals surface area contributed by atoms with E-state index >= 15 is 0 Å². The number of aromatic nitrogens is 4. The molecule has 0 radical (unpaired) electrons. The SMILES string of the molecule is COc1cc(N2CCC(OCC(=O)N[C@H](C(=O)N3C[C@@H](O)C[C@H]3C(=O)N[C@@H](C)c3ccc(-c4scnc4C)cc3)C(C)(C)C)CC2)ccc1NC(=O)c1cccc(-c2ccn[nH]2)n1. The lowest BCUT2D eigenvalue weighted by Gasteiger charge is -2.36. The molecule has 2 saturated heterocycles.